The van der Waals surface area contributed by atoms with Crippen LogP contribution in [0.2, 0.25) is 0 Å². The van der Waals surface area contributed by atoms with Crippen molar-refractivity contribution >= 4 is 69.2 Å². The molecule has 16 heterocycles. The van der Waals surface area contributed by atoms with Crippen molar-refractivity contribution in [1.29, 1.82) is 0 Å². The highest BCUT2D eigenvalue weighted by molar-refractivity contribution is 7.82. The summed E-state index contributed by atoms with van der Waals surface area (Å²) < 4.78 is 81.0. The summed E-state index contributed by atoms with van der Waals surface area (Å²) in [5, 5.41) is 0. The van der Waals surface area contributed by atoms with Crippen LogP contribution < -0.4 is 0 Å². The largest absolute Gasteiger partial charge is 0.673 e. The van der Waals surface area contributed by atoms with Crippen LogP contribution in [0.1, 0.15) is 180 Å². The van der Waals surface area contributed by atoms with Gasteiger partial charge in [-0.05, 0) is 204 Å². The van der Waals surface area contributed by atoms with Gasteiger partial charge in [0.25, 0.3) is 0 Å². The lowest BCUT2D eigenvalue weighted by Crippen LogP contribution is -2.62. The van der Waals surface area contributed by atoms with Gasteiger partial charge in [0, 0.05) is 189 Å². The van der Waals surface area contributed by atoms with Gasteiger partial charge in [0.15, 0.2) is 0 Å². The van der Waals surface area contributed by atoms with Gasteiger partial charge in [0.1, 0.15) is 44.5 Å². The first-order valence-electron chi connectivity index (χ1n) is 37.3. The van der Waals surface area contributed by atoms with Crippen LogP contribution in [0.15, 0.2) is 19.1 Å². The Bertz CT molecular complexity index is 2150. The van der Waals surface area contributed by atoms with E-state index in [9.17, 15) is 17.3 Å². The van der Waals surface area contributed by atoms with Crippen LogP contribution in [0.5, 0.6) is 0 Å². The summed E-state index contributed by atoms with van der Waals surface area (Å²) >= 11 is 0. The highest BCUT2D eigenvalue weighted by atomic mass is 31.2. The Kier molecular flexibility index (Phi) is 20.8. The minimum absolute atomic E-state index is 0.184. The maximum absolute atomic E-state index is 9.75. The molecule has 0 N–H and O–H groups in total. The van der Waals surface area contributed by atoms with Crippen LogP contribution in [0.3, 0.4) is 0 Å². The maximum Gasteiger partial charge on any atom is 0.673 e. The van der Waals surface area contributed by atoms with E-state index >= 15 is 0 Å². The second-order valence-corrected chi connectivity index (χ2v) is 40.5. The molecular weight excluding hydrogens is 1230 g/mol. The SMILES string of the molecule is C1CCN(P2CCC(N3CCCC3)(N3CCCC3)/C2=N/[P+](/N=C2\P(N3CCCC3)CCC2(N2CCCC2)N2CCCC2)(/N=C2\P(N3CCCC3)CCC2(N2CCCC2)N2CCCC2)/N=C2\P(N3CCCC3)CCC2(N2CCCC2)N2CCCC2)C1.F[B-](F)(F)F. The van der Waals surface area contributed by atoms with Crippen LogP contribution in [-0.4, -0.2) is 291 Å². The lowest BCUT2D eigenvalue weighted by Gasteiger charge is -2.48. The first-order chi connectivity index (χ1) is 44.0. The van der Waals surface area contributed by atoms with Crippen molar-refractivity contribution in [2.75, 3.05) is 182 Å². The van der Waals surface area contributed by atoms with Gasteiger partial charge in [-0.2, -0.15) is 0 Å². The van der Waals surface area contributed by atoms with E-state index in [1.165, 1.54) is 362 Å². The molecule has 16 nitrogen and oxygen atoms in total. The fraction of sp³-hybridized carbons (Fsp3) is 0.938. The van der Waals surface area contributed by atoms with E-state index in [-0.39, 0.29) is 22.7 Å². The van der Waals surface area contributed by atoms with Crippen molar-refractivity contribution < 1.29 is 17.3 Å². The van der Waals surface area contributed by atoms with Crippen LogP contribution >= 0.6 is 40.2 Å². The van der Waals surface area contributed by atoms with E-state index in [0.717, 1.165) is 0 Å². The zero-order valence-corrected chi connectivity index (χ0v) is 59.6. The molecule has 90 heavy (non-hydrogen) atoms. The molecule has 16 aliphatic rings. The zero-order chi connectivity index (χ0) is 61.0. The van der Waals surface area contributed by atoms with E-state index in [1.807, 2.05) is 0 Å². The average molecular weight is 1350 g/mol. The van der Waals surface area contributed by atoms with Crippen molar-refractivity contribution in [3.63, 3.8) is 0 Å². The van der Waals surface area contributed by atoms with Crippen LogP contribution in [0, 0.1) is 0 Å². The summed E-state index contributed by atoms with van der Waals surface area (Å²) in [7, 11) is -12.3. The Morgan fingerprint density at radius 2 is 0.378 bits per heavy atom. The minimum atomic E-state index is -6.00. The van der Waals surface area contributed by atoms with Gasteiger partial charge in [0.2, 0.25) is 0 Å². The normalized spacial score (nSPS) is 36.8. The molecule has 26 heteroatoms. The van der Waals surface area contributed by atoms with Crippen molar-refractivity contribution in [2.24, 2.45) is 19.1 Å². The van der Waals surface area contributed by atoms with Gasteiger partial charge in [-0.15, -0.1) is 0 Å². The smallest absolute Gasteiger partial charge is 0.418 e. The molecule has 0 amide bonds. The molecular formula is C64H112BF4N16P5. The van der Waals surface area contributed by atoms with Crippen molar-refractivity contribution in [1.82, 2.24) is 57.9 Å². The van der Waals surface area contributed by atoms with E-state index in [0.29, 0.717) is 0 Å². The second kappa shape index (κ2) is 28.4. The van der Waals surface area contributed by atoms with Gasteiger partial charge in [-0.25, -0.2) is 0 Å². The summed E-state index contributed by atoms with van der Waals surface area (Å²) in [6.45, 7) is 29.1. The molecule has 0 saturated carbocycles. The van der Waals surface area contributed by atoms with E-state index < -0.39 is 47.4 Å². The van der Waals surface area contributed by atoms with E-state index in [1.54, 1.807) is 21.8 Å². The molecule has 0 aliphatic carbocycles. The summed E-state index contributed by atoms with van der Waals surface area (Å²) in [5.41, 5.74) is 5.61. The van der Waals surface area contributed by atoms with Gasteiger partial charge in [-0.1, -0.05) is 19.1 Å². The first kappa shape index (κ1) is 66.0. The highest BCUT2D eigenvalue weighted by Gasteiger charge is 2.67. The summed E-state index contributed by atoms with van der Waals surface area (Å²) in [4.78, 5) is 24.7. The Hall–Kier alpha value is 0.135. The molecule has 0 bridgehead atoms. The van der Waals surface area contributed by atoms with Crippen molar-refractivity contribution in [3.05, 3.63) is 0 Å². The summed E-state index contributed by atoms with van der Waals surface area (Å²) in [5.74, 6) is 0. The molecule has 4 unspecified atom stereocenters. The molecule has 16 saturated heterocycles. The number of hydrogen-bond donors (Lipinski definition) is 0. The summed E-state index contributed by atoms with van der Waals surface area (Å²) in [6, 6.07) is 0. The van der Waals surface area contributed by atoms with Crippen LogP contribution in [0.4, 0.5) is 17.3 Å². The third-order valence-corrected chi connectivity index (χ3v) is 38.0. The number of rotatable bonds is 16. The third-order valence-electron chi connectivity index (χ3n) is 24.7. The number of likely N-dealkylation sites (tertiary alicyclic amines) is 8. The fourth-order valence-corrected chi connectivity index (χ4v) is 37.1. The molecule has 16 fully saturated rings. The van der Waals surface area contributed by atoms with Crippen LogP contribution in [0.25, 0.3) is 0 Å². The zero-order valence-electron chi connectivity index (χ0n) is 55.1. The molecule has 0 aromatic rings. The number of nitrogens with zero attached hydrogens (tertiary/aromatic N) is 16. The van der Waals surface area contributed by atoms with Gasteiger partial charge in [0.05, 0.1) is 0 Å². The molecule has 4 atom stereocenters. The Labute approximate surface area is 544 Å². The van der Waals surface area contributed by atoms with Crippen LogP contribution in [-0.2, 0) is 0 Å². The topological polar surface area (TPSA) is 88.3 Å². The van der Waals surface area contributed by atoms with Crippen molar-refractivity contribution in [2.45, 2.75) is 202 Å². The number of hydrogen-bond acceptors (Lipinski definition) is 16. The maximum atomic E-state index is 9.75. The Morgan fingerprint density at radius 3 is 0.522 bits per heavy atom. The summed E-state index contributed by atoms with van der Waals surface area (Å²) in [6.07, 6.45) is 41.7. The molecule has 0 aromatic heterocycles. The van der Waals surface area contributed by atoms with Gasteiger partial charge in [-0.3, -0.25) is 57.9 Å². The Balaban J connectivity index is 0.00000130. The van der Waals surface area contributed by atoms with E-state index in [4.69, 9.17) is 19.1 Å². The fourth-order valence-electron chi connectivity index (χ4n) is 20.7. The predicted molar refractivity (Wildman–Crippen MR) is 373 cm³/mol. The molecule has 16 rings (SSSR count). The highest BCUT2D eigenvalue weighted by Crippen LogP contribution is 2.77. The standard InChI is InChI=1S/C64H112N16P5.BF4/c1-2-30-69(29-1)61(70-31-3-4-32-70)25-53-81(77-45-17-18-46-77)57(61)65-85(66-58-62(71-33-5-6-34-71,72-35-7-8-36-72)26-54-82(58)78-47-19-20-48-78,67-59-63(73-37-9-10-38-73,74-39-11-12-40-74)27-55-83(59)79-49-21-22-50-79)68-60-64(75-41-13-14-42-75,76-43-15-16-44-76)28-56-84(60)80-51-23-24-52-80;2-1(3,4)5/h1-56H2;/q+1;-1/b65-57-,66-58-,67-59-,68-60-;. The molecule has 0 radical (unpaired) electrons. The quantitative estimate of drug-likeness (QED) is 0.0838. The predicted octanol–water partition coefficient (Wildman–Crippen LogP) is 12.7. The monoisotopic (exact) mass is 1350 g/mol. The Morgan fingerprint density at radius 1 is 0.244 bits per heavy atom. The molecule has 504 valence electrons. The van der Waals surface area contributed by atoms with Gasteiger partial charge >= 0.3 is 15.1 Å². The van der Waals surface area contributed by atoms with E-state index in [2.05, 4.69) is 57.9 Å². The average Bonchev–Trinajstić information content (AvgIpc) is 1.56. The minimum Gasteiger partial charge on any atom is -0.418 e. The molecule has 0 spiro atoms. The van der Waals surface area contributed by atoms with Gasteiger partial charge < -0.3 is 17.3 Å². The lowest BCUT2D eigenvalue weighted by atomic mass is 10.0. The van der Waals surface area contributed by atoms with Crippen molar-refractivity contribution in [3.8, 4) is 0 Å². The molecule has 0 aromatic carbocycles. The third kappa shape index (κ3) is 12.4. The second-order valence-electron chi connectivity index (χ2n) is 29.7. The number of halogens is 4. The first-order valence-corrected chi connectivity index (χ1v) is 44.8. The molecule has 16 aliphatic heterocycles. The lowest BCUT2D eigenvalue weighted by molar-refractivity contribution is 0.0285.